The molecule has 1 nitrogen and oxygen atoms in total. The average Bonchev–Trinajstić information content (AvgIpc) is 2.16. The van der Waals surface area contributed by atoms with Gasteiger partial charge in [-0.05, 0) is 38.5 Å². The predicted molar refractivity (Wildman–Crippen MR) is 58.8 cm³/mol. The summed E-state index contributed by atoms with van der Waals surface area (Å²) in [6, 6.07) is 0. The van der Waals surface area contributed by atoms with Crippen LogP contribution in [-0.4, -0.2) is 11.7 Å². The van der Waals surface area contributed by atoms with Crippen molar-refractivity contribution in [1.29, 1.82) is 0 Å². The molecule has 0 heterocycles. The summed E-state index contributed by atoms with van der Waals surface area (Å²) in [5.74, 6) is 0.714. The summed E-state index contributed by atoms with van der Waals surface area (Å²) in [5.41, 5.74) is 1.49. The van der Waals surface area contributed by atoms with Gasteiger partial charge in [-0.1, -0.05) is 31.9 Å². The van der Waals surface area contributed by atoms with Crippen LogP contribution in [0.4, 0.5) is 0 Å². The zero-order valence-electron chi connectivity index (χ0n) is 9.34. The molecule has 0 fully saturated rings. The summed E-state index contributed by atoms with van der Waals surface area (Å²) >= 11 is 0. The third-order valence-corrected chi connectivity index (χ3v) is 2.74. The maximum absolute atomic E-state index is 8.81. The minimum absolute atomic E-state index is 0.342. The van der Waals surface area contributed by atoms with Crippen LogP contribution in [0, 0.1) is 5.92 Å². The highest BCUT2D eigenvalue weighted by atomic mass is 16.3. The van der Waals surface area contributed by atoms with Gasteiger partial charge in [-0.25, -0.2) is 0 Å². The Bertz CT molecular complexity index is 138. The number of aliphatic hydroxyl groups excluding tert-OH is 1. The standard InChI is InChI=1S/C12H24O/c1-4-11(3)7-6-8-12(5-2)9-10-13/h7,12-13H,4-6,8-10H2,1-3H3. The summed E-state index contributed by atoms with van der Waals surface area (Å²) in [4.78, 5) is 0. The molecule has 78 valence electrons. The second-order valence-corrected chi connectivity index (χ2v) is 3.77. The van der Waals surface area contributed by atoms with Crippen molar-refractivity contribution < 1.29 is 5.11 Å². The Balaban J connectivity index is 3.59. The molecule has 1 unspecified atom stereocenters. The van der Waals surface area contributed by atoms with Crippen LogP contribution < -0.4 is 0 Å². The summed E-state index contributed by atoms with van der Waals surface area (Å²) < 4.78 is 0. The molecule has 1 N–H and O–H groups in total. The molecular weight excluding hydrogens is 160 g/mol. The van der Waals surface area contributed by atoms with E-state index >= 15 is 0 Å². The lowest BCUT2D eigenvalue weighted by Crippen LogP contribution is -2.01. The second-order valence-electron chi connectivity index (χ2n) is 3.77. The molecule has 1 atom stereocenters. The Morgan fingerprint density at radius 2 is 2.00 bits per heavy atom. The van der Waals surface area contributed by atoms with Crippen molar-refractivity contribution in [3.8, 4) is 0 Å². The SMILES string of the molecule is CCC(C)=CCCC(CC)CCO. The van der Waals surface area contributed by atoms with Crippen molar-refractivity contribution in [2.75, 3.05) is 6.61 Å². The molecule has 0 saturated carbocycles. The van der Waals surface area contributed by atoms with E-state index in [0.29, 0.717) is 12.5 Å². The maximum Gasteiger partial charge on any atom is 0.0433 e. The fourth-order valence-corrected chi connectivity index (χ4v) is 1.44. The summed E-state index contributed by atoms with van der Waals surface area (Å²) in [5, 5.41) is 8.81. The fraction of sp³-hybridized carbons (Fsp3) is 0.833. The van der Waals surface area contributed by atoms with E-state index < -0.39 is 0 Å². The van der Waals surface area contributed by atoms with Gasteiger partial charge in [0, 0.05) is 6.61 Å². The lowest BCUT2D eigenvalue weighted by Gasteiger charge is -2.11. The monoisotopic (exact) mass is 184 g/mol. The first-order valence-corrected chi connectivity index (χ1v) is 5.51. The van der Waals surface area contributed by atoms with E-state index in [1.807, 2.05) is 0 Å². The Hall–Kier alpha value is -0.300. The highest BCUT2D eigenvalue weighted by Crippen LogP contribution is 2.16. The Morgan fingerprint density at radius 3 is 2.46 bits per heavy atom. The van der Waals surface area contributed by atoms with Gasteiger partial charge in [0.05, 0.1) is 0 Å². The molecule has 0 aliphatic heterocycles. The molecule has 0 aromatic heterocycles. The van der Waals surface area contributed by atoms with Crippen LogP contribution in [0.5, 0.6) is 0 Å². The summed E-state index contributed by atoms with van der Waals surface area (Å²) in [6.07, 6.45) is 8.07. The molecular formula is C12H24O. The van der Waals surface area contributed by atoms with Crippen LogP contribution in [0.1, 0.15) is 52.9 Å². The molecule has 0 spiro atoms. The van der Waals surface area contributed by atoms with Gasteiger partial charge >= 0.3 is 0 Å². The largest absolute Gasteiger partial charge is 0.396 e. The van der Waals surface area contributed by atoms with Gasteiger partial charge in [-0.15, -0.1) is 0 Å². The van der Waals surface area contributed by atoms with E-state index in [4.69, 9.17) is 5.11 Å². The van der Waals surface area contributed by atoms with Crippen LogP contribution >= 0.6 is 0 Å². The Morgan fingerprint density at radius 1 is 1.31 bits per heavy atom. The normalized spacial score (nSPS) is 14.6. The van der Waals surface area contributed by atoms with E-state index in [9.17, 15) is 0 Å². The van der Waals surface area contributed by atoms with Crippen molar-refractivity contribution in [1.82, 2.24) is 0 Å². The summed E-state index contributed by atoms with van der Waals surface area (Å²) in [6.45, 7) is 6.93. The van der Waals surface area contributed by atoms with Crippen molar-refractivity contribution in [2.24, 2.45) is 5.92 Å². The smallest absolute Gasteiger partial charge is 0.0433 e. The van der Waals surface area contributed by atoms with E-state index in [2.05, 4.69) is 26.8 Å². The molecule has 1 heteroatoms. The molecule has 0 radical (unpaired) electrons. The zero-order valence-corrected chi connectivity index (χ0v) is 9.34. The number of hydrogen-bond acceptors (Lipinski definition) is 1. The van der Waals surface area contributed by atoms with Crippen LogP contribution in [0.3, 0.4) is 0 Å². The number of rotatable bonds is 7. The average molecular weight is 184 g/mol. The number of aliphatic hydroxyl groups is 1. The van der Waals surface area contributed by atoms with Crippen LogP contribution in [0.25, 0.3) is 0 Å². The first-order chi connectivity index (χ1) is 6.24. The highest BCUT2D eigenvalue weighted by Gasteiger charge is 2.03. The molecule has 0 bridgehead atoms. The van der Waals surface area contributed by atoms with Crippen molar-refractivity contribution >= 4 is 0 Å². The molecule has 0 aromatic carbocycles. The molecule has 0 aliphatic rings. The van der Waals surface area contributed by atoms with Gasteiger partial charge in [-0.3, -0.25) is 0 Å². The number of allylic oxidation sites excluding steroid dienone is 2. The van der Waals surface area contributed by atoms with Crippen LogP contribution in [0.15, 0.2) is 11.6 Å². The molecule has 0 aliphatic carbocycles. The Kier molecular flexibility index (Phi) is 8.11. The van der Waals surface area contributed by atoms with Gasteiger partial charge in [0.2, 0.25) is 0 Å². The lowest BCUT2D eigenvalue weighted by atomic mass is 9.96. The summed E-state index contributed by atoms with van der Waals surface area (Å²) in [7, 11) is 0. The predicted octanol–water partition coefficient (Wildman–Crippen LogP) is 3.53. The van der Waals surface area contributed by atoms with Crippen LogP contribution in [-0.2, 0) is 0 Å². The second kappa shape index (κ2) is 8.31. The molecule has 0 amide bonds. The van der Waals surface area contributed by atoms with Gasteiger partial charge in [0.15, 0.2) is 0 Å². The minimum atomic E-state index is 0.342. The van der Waals surface area contributed by atoms with E-state index in [1.165, 1.54) is 24.8 Å². The van der Waals surface area contributed by atoms with E-state index in [0.717, 1.165) is 12.8 Å². The van der Waals surface area contributed by atoms with E-state index in [-0.39, 0.29) is 0 Å². The zero-order chi connectivity index (χ0) is 10.1. The van der Waals surface area contributed by atoms with Gasteiger partial charge in [-0.2, -0.15) is 0 Å². The quantitative estimate of drug-likeness (QED) is 0.600. The van der Waals surface area contributed by atoms with Crippen molar-refractivity contribution in [3.05, 3.63) is 11.6 Å². The Labute approximate surface area is 82.9 Å². The molecule has 0 saturated heterocycles. The minimum Gasteiger partial charge on any atom is -0.396 e. The van der Waals surface area contributed by atoms with Crippen LogP contribution in [0.2, 0.25) is 0 Å². The lowest BCUT2D eigenvalue weighted by molar-refractivity contribution is 0.249. The van der Waals surface area contributed by atoms with Crippen molar-refractivity contribution in [2.45, 2.75) is 52.9 Å². The number of hydrogen-bond donors (Lipinski definition) is 1. The maximum atomic E-state index is 8.81. The first kappa shape index (κ1) is 12.7. The topological polar surface area (TPSA) is 20.2 Å². The van der Waals surface area contributed by atoms with Gasteiger partial charge < -0.3 is 5.11 Å². The highest BCUT2D eigenvalue weighted by molar-refractivity contribution is 4.96. The fourth-order valence-electron chi connectivity index (χ4n) is 1.44. The van der Waals surface area contributed by atoms with Gasteiger partial charge in [0.25, 0.3) is 0 Å². The first-order valence-electron chi connectivity index (χ1n) is 5.51. The van der Waals surface area contributed by atoms with E-state index in [1.54, 1.807) is 0 Å². The third kappa shape index (κ3) is 6.83. The van der Waals surface area contributed by atoms with Gasteiger partial charge in [0.1, 0.15) is 0 Å². The molecule has 0 aromatic rings. The molecule has 13 heavy (non-hydrogen) atoms. The molecule has 0 rings (SSSR count). The van der Waals surface area contributed by atoms with Crippen molar-refractivity contribution in [3.63, 3.8) is 0 Å². The third-order valence-electron chi connectivity index (χ3n) is 2.74.